The number of nitrogens with one attached hydrogen (secondary N) is 1. The predicted molar refractivity (Wildman–Crippen MR) is 124 cm³/mol. The lowest BCUT2D eigenvalue weighted by atomic mass is 9.73. The second-order valence-corrected chi connectivity index (χ2v) is 9.11. The molecule has 2 aliphatic rings. The van der Waals surface area contributed by atoms with Gasteiger partial charge in [0.2, 0.25) is 5.91 Å². The van der Waals surface area contributed by atoms with Crippen molar-refractivity contribution in [3.63, 3.8) is 0 Å². The number of nitrogens with zero attached hydrogens (tertiary/aromatic N) is 3. The molecule has 1 saturated carbocycles. The molecule has 1 aliphatic heterocycles. The molecule has 4 amide bonds. The predicted octanol–water partition coefficient (Wildman–Crippen LogP) is 4.25. The summed E-state index contributed by atoms with van der Waals surface area (Å²) in [5.74, 6) is -0.817. The molecule has 2 aromatic rings. The van der Waals surface area contributed by atoms with Crippen LogP contribution in [0.5, 0.6) is 0 Å². The van der Waals surface area contributed by atoms with Gasteiger partial charge in [0.05, 0.1) is 17.8 Å². The Labute approximate surface area is 197 Å². The number of urea groups is 1. The summed E-state index contributed by atoms with van der Waals surface area (Å²) in [6.07, 6.45) is 3.29. The Kier molecular flexibility index (Phi) is 6.39. The van der Waals surface area contributed by atoms with Crippen LogP contribution in [0.15, 0.2) is 48.5 Å². The zero-order valence-corrected chi connectivity index (χ0v) is 19.1. The molecule has 8 heteroatoms. The number of carbonyl (C=O) groups is 3. The number of hydrogen-bond acceptors (Lipinski definition) is 4. The van der Waals surface area contributed by atoms with Gasteiger partial charge in [0, 0.05) is 5.02 Å². The molecule has 1 saturated heterocycles. The van der Waals surface area contributed by atoms with Crippen molar-refractivity contribution in [2.75, 3.05) is 11.4 Å². The Morgan fingerprint density at radius 3 is 2.70 bits per heavy atom. The molecule has 2 aromatic carbocycles. The highest BCUT2D eigenvalue weighted by Gasteiger charge is 2.55. The molecule has 1 spiro atoms. The van der Waals surface area contributed by atoms with Gasteiger partial charge in [0.15, 0.2) is 0 Å². The molecule has 1 aliphatic carbocycles. The molecular weight excluding hydrogens is 440 g/mol. The standard InChI is InChI=1S/C25H25ClN4O3/c1-17-7-5-6-12-25(17)23(32)30(24(33)28-25)16-22(31)29(15-18-8-3-2-4-9-18)21-13-20(26)11-10-19(21)14-27/h2-4,8-11,13,17H,5-7,12,15-16H2,1H3,(H,28,33). The number of rotatable bonds is 5. The number of imide groups is 1. The molecule has 0 aromatic heterocycles. The number of hydrogen-bond donors (Lipinski definition) is 1. The maximum absolute atomic E-state index is 13.5. The van der Waals surface area contributed by atoms with Crippen molar-refractivity contribution in [1.82, 2.24) is 10.2 Å². The first-order chi connectivity index (χ1) is 15.9. The average molecular weight is 465 g/mol. The normalized spacial score (nSPS) is 22.2. The summed E-state index contributed by atoms with van der Waals surface area (Å²) in [4.78, 5) is 42.1. The van der Waals surface area contributed by atoms with Gasteiger partial charge in [-0.25, -0.2) is 4.79 Å². The van der Waals surface area contributed by atoms with Crippen LogP contribution in [0.2, 0.25) is 5.02 Å². The summed E-state index contributed by atoms with van der Waals surface area (Å²) in [6, 6.07) is 15.5. The van der Waals surface area contributed by atoms with Gasteiger partial charge in [0.25, 0.3) is 5.91 Å². The smallest absolute Gasteiger partial charge is 0.323 e. The van der Waals surface area contributed by atoms with Gasteiger partial charge in [-0.2, -0.15) is 5.26 Å². The van der Waals surface area contributed by atoms with Crippen molar-refractivity contribution in [3.8, 4) is 6.07 Å². The number of nitriles is 1. The fraction of sp³-hybridized carbons (Fsp3) is 0.360. The van der Waals surface area contributed by atoms with Gasteiger partial charge in [-0.3, -0.25) is 14.5 Å². The van der Waals surface area contributed by atoms with Crippen LogP contribution in [0.25, 0.3) is 0 Å². The number of amides is 4. The van der Waals surface area contributed by atoms with Crippen LogP contribution in [0.3, 0.4) is 0 Å². The van der Waals surface area contributed by atoms with Crippen LogP contribution < -0.4 is 10.2 Å². The third kappa shape index (κ3) is 4.31. The zero-order chi connectivity index (χ0) is 23.6. The first-order valence-electron chi connectivity index (χ1n) is 11.0. The third-order valence-electron chi connectivity index (χ3n) is 6.65. The van der Waals surface area contributed by atoms with Crippen molar-refractivity contribution >= 4 is 35.1 Å². The first-order valence-corrected chi connectivity index (χ1v) is 11.4. The van der Waals surface area contributed by atoms with Crippen LogP contribution in [-0.2, 0) is 16.1 Å². The van der Waals surface area contributed by atoms with Crippen LogP contribution in [0, 0.1) is 17.2 Å². The minimum atomic E-state index is -0.937. The van der Waals surface area contributed by atoms with E-state index in [1.807, 2.05) is 37.3 Å². The lowest BCUT2D eigenvalue weighted by Crippen LogP contribution is -2.54. The highest BCUT2D eigenvalue weighted by molar-refractivity contribution is 6.31. The minimum absolute atomic E-state index is 0.00125. The first kappa shape index (κ1) is 22.8. The maximum atomic E-state index is 13.5. The van der Waals surface area contributed by atoms with Gasteiger partial charge in [-0.1, -0.05) is 61.7 Å². The molecule has 2 fully saturated rings. The monoisotopic (exact) mass is 464 g/mol. The zero-order valence-electron chi connectivity index (χ0n) is 18.4. The highest BCUT2D eigenvalue weighted by Crippen LogP contribution is 2.38. The summed E-state index contributed by atoms with van der Waals surface area (Å²) in [7, 11) is 0. The van der Waals surface area contributed by atoms with Gasteiger partial charge < -0.3 is 10.2 Å². The summed E-state index contributed by atoms with van der Waals surface area (Å²) >= 11 is 6.18. The van der Waals surface area contributed by atoms with E-state index in [0.717, 1.165) is 29.7 Å². The van der Waals surface area contributed by atoms with Crippen molar-refractivity contribution in [3.05, 3.63) is 64.7 Å². The van der Waals surface area contributed by atoms with E-state index in [0.29, 0.717) is 17.1 Å². The Bertz CT molecular complexity index is 1130. The van der Waals surface area contributed by atoms with E-state index < -0.39 is 24.0 Å². The summed E-state index contributed by atoms with van der Waals surface area (Å²) in [5.41, 5.74) is 0.516. The molecular formula is C25H25ClN4O3. The number of benzene rings is 2. The summed E-state index contributed by atoms with van der Waals surface area (Å²) < 4.78 is 0. The molecule has 1 heterocycles. The van der Waals surface area contributed by atoms with Crippen LogP contribution in [0.4, 0.5) is 10.5 Å². The van der Waals surface area contributed by atoms with Crippen LogP contribution in [-0.4, -0.2) is 34.8 Å². The van der Waals surface area contributed by atoms with Gasteiger partial charge >= 0.3 is 6.03 Å². The fourth-order valence-corrected chi connectivity index (χ4v) is 4.92. The van der Waals surface area contributed by atoms with Crippen molar-refractivity contribution in [1.29, 1.82) is 5.26 Å². The highest BCUT2D eigenvalue weighted by atomic mass is 35.5. The van der Waals surface area contributed by atoms with E-state index >= 15 is 0 Å². The number of halogens is 1. The molecule has 0 radical (unpaired) electrons. The molecule has 4 rings (SSSR count). The van der Waals surface area contributed by atoms with Crippen LogP contribution in [0.1, 0.15) is 43.7 Å². The lowest BCUT2D eigenvalue weighted by molar-refractivity contribution is -0.136. The van der Waals surface area contributed by atoms with E-state index in [4.69, 9.17) is 11.6 Å². The Hall–Kier alpha value is -3.37. The van der Waals surface area contributed by atoms with E-state index in [2.05, 4.69) is 11.4 Å². The maximum Gasteiger partial charge on any atom is 0.325 e. The van der Waals surface area contributed by atoms with Crippen molar-refractivity contribution < 1.29 is 14.4 Å². The summed E-state index contributed by atoms with van der Waals surface area (Å²) in [6.45, 7) is 1.72. The van der Waals surface area contributed by atoms with Gasteiger partial charge in [-0.05, 0) is 42.5 Å². The SMILES string of the molecule is CC1CCCCC12NC(=O)N(CC(=O)N(Cc1ccccc1)c1cc(Cl)ccc1C#N)C2=O. The molecule has 170 valence electrons. The van der Waals surface area contributed by atoms with E-state index in [9.17, 15) is 19.6 Å². The third-order valence-corrected chi connectivity index (χ3v) is 6.89. The van der Waals surface area contributed by atoms with Gasteiger partial charge in [-0.15, -0.1) is 0 Å². The van der Waals surface area contributed by atoms with E-state index in [1.165, 1.54) is 4.90 Å². The molecule has 1 N–H and O–H groups in total. The average Bonchev–Trinajstić information content (AvgIpc) is 3.05. The molecule has 7 nitrogen and oxygen atoms in total. The molecule has 2 atom stereocenters. The van der Waals surface area contributed by atoms with Crippen molar-refractivity contribution in [2.45, 2.75) is 44.7 Å². The van der Waals surface area contributed by atoms with E-state index in [1.54, 1.807) is 18.2 Å². The minimum Gasteiger partial charge on any atom is -0.323 e. The fourth-order valence-electron chi connectivity index (χ4n) is 4.76. The molecule has 0 bridgehead atoms. The largest absolute Gasteiger partial charge is 0.325 e. The van der Waals surface area contributed by atoms with Gasteiger partial charge in [0.1, 0.15) is 18.2 Å². The Morgan fingerprint density at radius 1 is 1.24 bits per heavy atom. The lowest BCUT2D eigenvalue weighted by Gasteiger charge is -2.36. The Morgan fingerprint density at radius 2 is 2.00 bits per heavy atom. The second-order valence-electron chi connectivity index (χ2n) is 8.68. The topological polar surface area (TPSA) is 93.5 Å². The molecule has 33 heavy (non-hydrogen) atoms. The molecule has 2 unspecified atom stereocenters. The summed E-state index contributed by atoms with van der Waals surface area (Å²) in [5, 5.41) is 12.9. The number of carbonyl (C=O) groups excluding carboxylic acids is 3. The van der Waals surface area contributed by atoms with Crippen LogP contribution >= 0.6 is 11.6 Å². The Balaban J connectivity index is 1.65. The van der Waals surface area contributed by atoms with Crippen molar-refractivity contribution in [2.24, 2.45) is 5.92 Å². The quantitative estimate of drug-likeness (QED) is 0.669. The van der Waals surface area contributed by atoms with E-state index in [-0.39, 0.29) is 23.9 Å². The second kappa shape index (κ2) is 9.24. The number of anilines is 1.